The van der Waals surface area contributed by atoms with Crippen LogP contribution in [0.3, 0.4) is 0 Å². The summed E-state index contributed by atoms with van der Waals surface area (Å²) >= 11 is 0. The first-order valence-electron chi connectivity index (χ1n) is 13.0. The van der Waals surface area contributed by atoms with E-state index in [0.717, 1.165) is 0 Å². The summed E-state index contributed by atoms with van der Waals surface area (Å²) in [7, 11) is 1.55. The molecule has 4 rings (SSSR count). The number of rotatable bonds is 10. The molecule has 0 radical (unpaired) electrons. The van der Waals surface area contributed by atoms with Crippen LogP contribution in [-0.4, -0.2) is 44.6 Å². The molecule has 0 fully saturated rings. The van der Waals surface area contributed by atoms with Gasteiger partial charge in [0, 0.05) is 30.3 Å². The van der Waals surface area contributed by atoms with Crippen molar-refractivity contribution in [1.29, 1.82) is 0 Å². The zero-order chi connectivity index (χ0) is 28.8. The highest BCUT2D eigenvalue weighted by Crippen LogP contribution is 2.48. The first-order chi connectivity index (χ1) is 19.2. The Bertz CT molecular complexity index is 1390. The lowest BCUT2D eigenvalue weighted by atomic mass is 9.88. The van der Waals surface area contributed by atoms with Gasteiger partial charge in [-0.3, -0.25) is 9.59 Å². The Labute approximate surface area is 232 Å². The fraction of sp³-hybridized carbons (Fsp3) is 0.300. The van der Waals surface area contributed by atoms with E-state index < -0.39 is 18.1 Å². The lowest BCUT2D eigenvalue weighted by Gasteiger charge is -2.18. The van der Waals surface area contributed by atoms with Crippen LogP contribution in [0.15, 0.2) is 60.7 Å². The van der Waals surface area contributed by atoms with Gasteiger partial charge in [-0.05, 0) is 59.5 Å². The Morgan fingerprint density at radius 1 is 1.02 bits per heavy atom. The van der Waals surface area contributed by atoms with Crippen molar-refractivity contribution in [2.24, 2.45) is 11.7 Å². The van der Waals surface area contributed by atoms with Crippen LogP contribution in [0.5, 0.6) is 11.5 Å². The van der Waals surface area contributed by atoms with E-state index in [9.17, 15) is 18.8 Å². The maximum atomic E-state index is 13.6. The van der Waals surface area contributed by atoms with E-state index in [0.29, 0.717) is 45.9 Å². The van der Waals surface area contributed by atoms with E-state index in [-0.39, 0.29) is 36.7 Å². The minimum Gasteiger partial charge on any atom is -0.491 e. The summed E-state index contributed by atoms with van der Waals surface area (Å²) in [5, 5.41) is 8.10. The first kappa shape index (κ1) is 28.4. The summed E-state index contributed by atoms with van der Waals surface area (Å²) in [4.78, 5) is 37.0. The van der Waals surface area contributed by atoms with Gasteiger partial charge in [0.25, 0.3) is 5.91 Å². The summed E-state index contributed by atoms with van der Waals surface area (Å²) < 4.78 is 25.7. The number of nitrogens with one attached hydrogen (secondary N) is 3. The molecule has 10 heteroatoms. The summed E-state index contributed by atoms with van der Waals surface area (Å²) in [5.41, 5.74) is 8.24. The molecule has 2 unspecified atom stereocenters. The van der Waals surface area contributed by atoms with E-state index in [4.69, 9.17) is 15.2 Å². The number of amides is 4. The van der Waals surface area contributed by atoms with Crippen molar-refractivity contribution in [1.82, 2.24) is 16.0 Å². The van der Waals surface area contributed by atoms with Crippen molar-refractivity contribution in [3.8, 4) is 22.6 Å². The van der Waals surface area contributed by atoms with Crippen molar-refractivity contribution >= 4 is 17.8 Å². The van der Waals surface area contributed by atoms with Crippen molar-refractivity contribution in [2.45, 2.75) is 25.9 Å². The van der Waals surface area contributed by atoms with Gasteiger partial charge in [0.05, 0.1) is 6.54 Å². The van der Waals surface area contributed by atoms with E-state index in [1.807, 2.05) is 26.0 Å². The van der Waals surface area contributed by atoms with Crippen molar-refractivity contribution in [3.05, 3.63) is 83.2 Å². The fourth-order valence-corrected chi connectivity index (χ4v) is 4.54. The van der Waals surface area contributed by atoms with Gasteiger partial charge in [0.1, 0.15) is 35.9 Å². The molecule has 3 aromatic carbocycles. The van der Waals surface area contributed by atoms with Crippen LogP contribution in [0.2, 0.25) is 0 Å². The smallest absolute Gasteiger partial charge is 0.312 e. The van der Waals surface area contributed by atoms with Crippen LogP contribution >= 0.6 is 0 Å². The minimum atomic E-state index is -0.688. The maximum Gasteiger partial charge on any atom is 0.312 e. The lowest BCUT2D eigenvalue weighted by Crippen LogP contribution is -2.32. The number of nitrogens with two attached hydrogens (primary N) is 1. The first-order valence-corrected chi connectivity index (χ1v) is 13.0. The number of benzene rings is 3. The monoisotopic (exact) mass is 548 g/mol. The highest BCUT2D eigenvalue weighted by molar-refractivity contribution is 5.96. The number of likely N-dealkylation sites (N-methyl/N-ethyl adjacent to an activating group) is 1. The molecular weight excluding hydrogens is 515 g/mol. The van der Waals surface area contributed by atoms with Crippen molar-refractivity contribution < 1.29 is 28.2 Å². The van der Waals surface area contributed by atoms with E-state index in [1.54, 1.807) is 43.4 Å². The number of halogens is 1. The standard InChI is InChI=1S/C30H33FN4O5/c1-17(2)16-35-28(36)20-7-10-24(39-13-12-34-30(32)38)22(15-20)19-6-11-25-23(14-19)26(29(37)33-3)27(40-25)18-4-8-21(31)9-5-18/h4-11,14-15,17,26-27H,12-13,16H2,1-3H3,(H,33,37)(H,35,36)(H3,32,34,38). The molecular formula is C30H33FN4O5. The van der Waals surface area contributed by atoms with Gasteiger partial charge in [0.2, 0.25) is 5.91 Å². The zero-order valence-corrected chi connectivity index (χ0v) is 22.6. The molecule has 9 nitrogen and oxygen atoms in total. The molecule has 2 atom stereocenters. The Balaban J connectivity index is 1.72. The molecule has 0 aromatic heterocycles. The second-order valence-corrected chi connectivity index (χ2v) is 9.89. The Kier molecular flexibility index (Phi) is 8.88. The number of carbonyl (C=O) groups is 3. The number of fused-ring (bicyclic) bond motifs is 1. The molecule has 0 saturated heterocycles. The van der Waals surface area contributed by atoms with Crippen LogP contribution in [0.25, 0.3) is 11.1 Å². The number of primary amides is 1. The maximum absolute atomic E-state index is 13.6. The number of hydrogen-bond donors (Lipinski definition) is 4. The predicted octanol–water partition coefficient (Wildman–Crippen LogP) is 3.89. The average molecular weight is 549 g/mol. The lowest BCUT2D eigenvalue weighted by molar-refractivity contribution is -0.123. The highest BCUT2D eigenvalue weighted by atomic mass is 19.1. The van der Waals surface area contributed by atoms with E-state index in [1.165, 1.54) is 12.1 Å². The molecule has 0 saturated carbocycles. The molecule has 0 aliphatic carbocycles. The van der Waals surface area contributed by atoms with Crippen molar-refractivity contribution in [2.75, 3.05) is 26.7 Å². The molecule has 0 bridgehead atoms. The van der Waals surface area contributed by atoms with Gasteiger partial charge in [-0.1, -0.05) is 32.0 Å². The summed E-state index contributed by atoms with van der Waals surface area (Å²) in [6.07, 6.45) is -0.644. The summed E-state index contributed by atoms with van der Waals surface area (Å²) in [6, 6.07) is 15.8. The molecule has 1 aliphatic rings. The number of hydrogen-bond acceptors (Lipinski definition) is 5. The molecule has 4 amide bonds. The molecule has 5 N–H and O–H groups in total. The fourth-order valence-electron chi connectivity index (χ4n) is 4.54. The number of ether oxygens (including phenoxy) is 2. The van der Waals surface area contributed by atoms with Crippen molar-refractivity contribution in [3.63, 3.8) is 0 Å². The molecule has 40 heavy (non-hydrogen) atoms. The normalized spacial score (nSPS) is 15.6. The zero-order valence-electron chi connectivity index (χ0n) is 22.6. The van der Waals surface area contributed by atoms with E-state index in [2.05, 4.69) is 16.0 Å². The molecule has 0 spiro atoms. The Hall–Kier alpha value is -4.60. The topological polar surface area (TPSA) is 132 Å². The highest BCUT2D eigenvalue weighted by Gasteiger charge is 2.40. The molecule has 1 heterocycles. The van der Waals surface area contributed by atoms with Gasteiger partial charge in [-0.25, -0.2) is 9.18 Å². The third-order valence-corrected chi connectivity index (χ3v) is 6.51. The molecule has 210 valence electrons. The minimum absolute atomic E-state index is 0.149. The second kappa shape index (κ2) is 12.5. The molecule has 1 aliphatic heterocycles. The predicted molar refractivity (Wildman–Crippen MR) is 149 cm³/mol. The quantitative estimate of drug-likeness (QED) is 0.286. The SMILES string of the molecule is CNC(=O)C1c2cc(-c3cc(C(=O)NCC(C)C)ccc3OCCNC(N)=O)ccc2OC1c1ccc(F)cc1. The van der Waals surface area contributed by atoms with Gasteiger partial charge < -0.3 is 31.2 Å². The van der Waals surface area contributed by atoms with Gasteiger partial charge >= 0.3 is 6.03 Å². The average Bonchev–Trinajstić information content (AvgIpc) is 3.32. The third-order valence-electron chi connectivity index (χ3n) is 6.51. The summed E-state index contributed by atoms with van der Waals surface area (Å²) in [6.45, 7) is 4.90. The Morgan fingerprint density at radius 3 is 2.45 bits per heavy atom. The largest absolute Gasteiger partial charge is 0.491 e. The van der Waals surface area contributed by atoms with Crippen LogP contribution in [0.1, 0.15) is 47.4 Å². The van der Waals surface area contributed by atoms with Gasteiger partial charge in [0.15, 0.2) is 0 Å². The van der Waals surface area contributed by atoms with Crippen LogP contribution < -0.4 is 31.2 Å². The number of urea groups is 1. The summed E-state index contributed by atoms with van der Waals surface area (Å²) in [5.74, 6) is -0.234. The number of carbonyl (C=O) groups excluding carboxylic acids is 3. The van der Waals surface area contributed by atoms with Crippen LogP contribution in [-0.2, 0) is 4.79 Å². The van der Waals surface area contributed by atoms with Gasteiger partial charge in [-0.2, -0.15) is 0 Å². The van der Waals surface area contributed by atoms with E-state index >= 15 is 0 Å². The van der Waals surface area contributed by atoms with Crippen LogP contribution in [0, 0.1) is 11.7 Å². The van der Waals surface area contributed by atoms with Crippen LogP contribution in [0.4, 0.5) is 9.18 Å². The Morgan fingerprint density at radius 2 is 1.77 bits per heavy atom. The van der Waals surface area contributed by atoms with Gasteiger partial charge in [-0.15, -0.1) is 0 Å². The molecule has 3 aromatic rings. The third kappa shape index (κ3) is 6.51. The second-order valence-electron chi connectivity index (χ2n) is 9.89.